The lowest BCUT2D eigenvalue weighted by atomic mass is 10.0. The van der Waals surface area contributed by atoms with Gasteiger partial charge < -0.3 is 74.0 Å². The Morgan fingerprint density at radius 3 is 1.25 bits per heavy atom. The van der Waals surface area contributed by atoms with Crippen LogP contribution in [0.15, 0.2) is 54.6 Å². The number of phenolic OH excluding ortho intramolecular Hbond substituents is 6. The molecule has 3 aromatic rings. The first-order chi connectivity index (χ1) is 18.8. The highest BCUT2D eigenvalue weighted by Gasteiger charge is 2.29. The lowest BCUT2D eigenvalue weighted by Gasteiger charge is -2.23. The van der Waals surface area contributed by atoms with E-state index in [2.05, 4.69) is 10.6 Å². The van der Waals surface area contributed by atoms with Crippen molar-refractivity contribution in [2.45, 2.75) is 37.4 Å². The van der Waals surface area contributed by atoms with Crippen molar-refractivity contribution >= 4 is 17.8 Å². The van der Waals surface area contributed by atoms with Crippen LogP contribution in [0.4, 0.5) is 0 Å². The van der Waals surface area contributed by atoms with Gasteiger partial charge in [-0.25, -0.2) is 4.79 Å². The first-order valence-electron chi connectivity index (χ1n) is 12.0. The van der Waals surface area contributed by atoms with Gasteiger partial charge in [0.25, 0.3) is 0 Å². The maximum Gasteiger partial charge on any atom is 0.326 e. The predicted octanol–water partition coefficient (Wildman–Crippen LogP) is -2.97. The van der Waals surface area contributed by atoms with E-state index >= 15 is 0 Å². The van der Waals surface area contributed by atoms with E-state index in [4.69, 9.17) is 5.73 Å². The number of phenols is 6. The number of carbonyl (C=O) groups is 3. The lowest BCUT2D eigenvalue weighted by molar-refractivity contribution is -0.142. The summed E-state index contributed by atoms with van der Waals surface area (Å²) in [6.07, 6.45) is -0.556. The molecule has 0 aromatic heterocycles. The summed E-state index contributed by atoms with van der Waals surface area (Å²) in [5.41, 5.74) is 7.04. The van der Waals surface area contributed by atoms with Crippen LogP contribution in [0.1, 0.15) is 16.7 Å². The van der Waals surface area contributed by atoms with E-state index in [-0.39, 0.29) is 46.9 Å². The average Bonchev–Trinajstić information content (AvgIpc) is 2.89. The summed E-state index contributed by atoms with van der Waals surface area (Å²) in [6, 6.07) is 7.28. The minimum Gasteiger partial charge on any atom is -0.504 e. The van der Waals surface area contributed by atoms with Gasteiger partial charge in [-0.3, -0.25) is 9.59 Å². The summed E-state index contributed by atoms with van der Waals surface area (Å²) in [5.74, 6) is -5.60. The van der Waals surface area contributed by atoms with Gasteiger partial charge >= 0.3 is 5.97 Å². The second-order valence-electron chi connectivity index (χ2n) is 9.15. The Balaban J connectivity index is 0. The smallest absolute Gasteiger partial charge is 0.326 e. The number of aliphatic carboxylic acids is 1. The summed E-state index contributed by atoms with van der Waals surface area (Å²) in [6.45, 7) is 0. The molecule has 0 aliphatic carbocycles. The van der Waals surface area contributed by atoms with E-state index in [1.807, 2.05) is 0 Å². The van der Waals surface area contributed by atoms with E-state index in [1.165, 1.54) is 48.5 Å². The van der Waals surface area contributed by atoms with Crippen molar-refractivity contribution in [1.29, 1.82) is 0 Å². The fourth-order valence-corrected chi connectivity index (χ4v) is 3.87. The van der Waals surface area contributed by atoms with Gasteiger partial charge in [-0.1, -0.05) is 18.2 Å². The van der Waals surface area contributed by atoms with Gasteiger partial charge in [-0.05, 0) is 59.5 Å². The molecule has 0 heterocycles. The minimum atomic E-state index is -1.49. The summed E-state index contributed by atoms with van der Waals surface area (Å²) in [4.78, 5) is 38.1. The Morgan fingerprint density at radius 1 is 0.545 bits per heavy atom. The van der Waals surface area contributed by atoms with Crippen molar-refractivity contribution in [2.75, 3.05) is 0 Å². The lowest BCUT2D eigenvalue weighted by Crippen LogP contribution is -2.55. The number of benzene rings is 3. The van der Waals surface area contributed by atoms with Crippen LogP contribution in [0.25, 0.3) is 0 Å². The summed E-state index contributed by atoms with van der Waals surface area (Å²) in [7, 11) is 0. The average molecular weight is 628 g/mol. The van der Waals surface area contributed by atoms with Crippen LogP contribution in [-0.4, -0.2) is 93.6 Å². The molecule has 244 valence electrons. The van der Waals surface area contributed by atoms with Gasteiger partial charge in [0.05, 0.1) is 6.04 Å². The van der Waals surface area contributed by atoms with E-state index in [0.717, 1.165) is 6.07 Å². The highest BCUT2D eigenvalue weighted by atomic mass is 16.4. The minimum absolute atomic E-state index is 0. The van der Waals surface area contributed by atoms with Crippen molar-refractivity contribution in [1.82, 2.24) is 10.6 Å². The van der Waals surface area contributed by atoms with Gasteiger partial charge in [0.15, 0.2) is 34.5 Å². The number of hydrogen-bond acceptors (Lipinski definition) is 10. The topological polar surface area (TPSA) is 369 Å². The molecular weight excluding hydrogens is 590 g/mol. The number of hydrogen-bond donors (Lipinski definition) is 10. The number of carboxylic acids is 1. The SMILES string of the molecule is N[C@@H](Cc1ccc(O)c(O)c1)C(=O)N[C@@H](Cc1ccc(O)c(O)c1)C(=O)N[C@@H](Cc1ccc(O)c(O)c1)C(=O)O.O.O.O.O. The maximum absolute atomic E-state index is 13.2. The molecule has 0 fully saturated rings. The summed E-state index contributed by atoms with van der Waals surface area (Å²) >= 11 is 0. The molecule has 0 unspecified atom stereocenters. The fraction of sp³-hybridized carbons (Fsp3) is 0.222. The molecule has 19 N–H and O–H groups in total. The molecule has 0 aliphatic heterocycles. The Kier molecular flexibility index (Phi) is 16.3. The van der Waals surface area contributed by atoms with Crippen LogP contribution in [0.3, 0.4) is 0 Å². The third-order valence-corrected chi connectivity index (χ3v) is 6.04. The van der Waals surface area contributed by atoms with E-state index in [0.29, 0.717) is 16.7 Å². The van der Waals surface area contributed by atoms with Crippen molar-refractivity contribution < 1.29 is 72.0 Å². The normalized spacial score (nSPS) is 11.9. The molecule has 17 nitrogen and oxygen atoms in total. The molecule has 3 aromatic carbocycles. The molecule has 0 saturated heterocycles. The molecule has 3 atom stereocenters. The van der Waals surface area contributed by atoms with Crippen LogP contribution in [0.2, 0.25) is 0 Å². The number of carbonyl (C=O) groups excluding carboxylic acids is 2. The molecular formula is C27H37N3O14. The first kappa shape index (κ1) is 40.8. The Labute approximate surface area is 249 Å². The zero-order chi connectivity index (χ0) is 29.6. The molecule has 0 radical (unpaired) electrons. The number of nitrogens with two attached hydrogens (primary N) is 1. The Bertz CT molecular complexity index is 1420. The van der Waals surface area contributed by atoms with Crippen LogP contribution in [-0.2, 0) is 33.6 Å². The second-order valence-corrected chi connectivity index (χ2v) is 9.15. The number of rotatable bonds is 11. The maximum atomic E-state index is 13.2. The molecule has 44 heavy (non-hydrogen) atoms. The standard InChI is InChI=1S/C27H29N3O10.4H2O/c28-16(7-13-1-4-19(31)22(34)10-13)25(37)29-17(8-14-2-5-20(32)23(35)11-14)26(38)30-18(27(39)40)9-15-3-6-21(33)24(36)12-15;;;;/h1-6,10-12,16-18,31-36H,7-9,28H2,(H,29,37)(H,30,38)(H,39,40);4*1H2/t16-,17-,18-;;;;/m0..../s1. The fourth-order valence-electron chi connectivity index (χ4n) is 3.87. The Morgan fingerprint density at radius 2 is 0.886 bits per heavy atom. The van der Waals surface area contributed by atoms with Crippen LogP contribution in [0.5, 0.6) is 34.5 Å². The van der Waals surface area contributed by atoms with Gasteiger partial charge in [-0.15, -0.1) is 0 Å². The highest BCUT2D eigenvalue weighted by molar-refractivity contribution is 5.92. The molecule has 2 amide bonds. The summed E-state index contributed by atoms with van der Waals surface area (Å²) in [5, 5.41) is 72.3. The van der Waals surface area contributed by atoms with Crippen LogP contribution in [0, 0.1) is 0 Å². The third kappa shape index (κ3) is 10.8. The molecule has 17 heteroatoms. The molecule has 0 bridgehead atoms. The van der Waals surface area contributed by atoms with Gasteiger partial charge in [0.2, 0.25) is 11.8 Å². The first-order valence-corrected chi connectivity index (χ1v) is 12.0. The molecule has 0 spiro atoms. The largest absolute Gasteiger partial charge is 0.504 e. The van der Waals surface area contributed by atoms with Crippen molar-refractivity contribution in [3.63, 3.8) is 0 Å². The Hall–Kier alpha value is -5.33. The van der Waals surface area contributed by atoms with E-state index in [9.17, 15) is 50.1 Å². The number of carboxylic acid groups (broad SMARTS) is 1. The predicted molar refractivity (Wildman–Crippen MR) is 154 cm³/mol. The van der Waals surface area contributed by atoms with Crippen molar-refractivity contribution in [3.8, 4) is 34.5 Å². The third-order valence-electron chi connectivity index (χ3n) is 6.04. The van der Waals surface area contributed by atoms with Crippen molar-refractivity contribution in [3.05, 3.63) is 71.3 Å². The van der Waals surface area contributed by atoms with Gasteiger partial charge in [-0.2, -0.15) is 0 Å². The van der Waals surface area contributed by atoms with Crippen molar-refractivity contribution in [2.24, 2.45) is 5.73 Å². The number of nitrogens with one attached hydrogen (secondary N) is 2. The monoisotopic (exact) mass is 627 g/mol. The molecule has 0 saturated carbocycles. The second kappa shape index (κ2) is 17.6. The van der Waals surface area contributed by atoms with Gasteiger partial charge in [0, 0.05) is 12.8 Å². The highest BCUT2D eigenvalue weighted by Crippen LogP contribution is 2.27. The summed E-state index contributed by atoms with van der Waals surface area (Å²) < 4.78 is 0. The zero-order valence-electron chi connectivity index (χ0n) is 23.0. The number of aromatic hydroxyl groups is 6. The van der Waals surface area contributed by atoms with E-state index in [1.54, 1.807) is 0 Å². The van der Waals surface area contributed by atoms with Crippen LogP contribution >= 0.6 is 0 Å². The number of amides is 2. The quantitative estimate of drug-likeness (QED) is 0.0956. The van der Waals surface area contributed by atoms with E-state index < -0.39 is 64.7 Å². The molecule has 0 aliphatic rings. The molecule has 3 rings (SSSR count). The van der Waals surface area contributed by atoms with Crippen LogP contribution < -0.4 is 16.4 Å². The van der Waals surface area contributed by atoms with Gasteiger partial charge in [0.1, 0.15) is 12.1 Å². The zero-order valence-corrected chi connectivity index (χ0v) is 23.0.